The third kappa shape index (κ3) is 2.15. The summed E-state index contributed by atoms with van der Waals surface area (Å²) in [6, 6.07) is 14.7. The number of aromatic nitrogens is 4. The van der Waals surface area contributed by atoms with E-state index in [0.29, 0.717) is 5.95 Å². The van der Waals surface area contributed by atoms with Gasteiger partial charge < -0.3 is 10.2 Å². The van der Waals surface area contributed by atoms with Crippen molar-refractivity contribution in [1.82, 2.24) is 19.6 Å². The first kappa shape index (κ1) is 14.4. The van der Waals surface area contributed by atoms with E-state index in [0.717, 1.165) is 23.7 Å². The van der Waals surface area contributed by atoms with Gasteiger partial charge in [0.25, 0.3) is 0 Å². The Morgan fingerprint density at radius 2 is 1.92 bits per heavy atom. The van der Waals surface area contributed by atoms with E-state index in [9.17, 15) is 0 Å². The van der Waals surface area contributed by atoms with Gasteiger partial charge in [-0.25, -0.2) is 4.98 Å². The molecule has 24 heavy (non-hydrogen) atoms. The van der Waals surface area contributed by atoms with E-state index >= 15 is 0 Å². The van der Waals surface area contributed by atoms with Crippen molar-refractivity contribution in [3.63, 3.8) is 0 Å². The van der Waals surface area contributed by atoms with Crippen molar-refractivity contribution in [2.24, 2.45) is 0 Å². The molecule has 0 atom stereocenters. The van der Waals surface area contributed by atoms with Crippen LogP contribution < -0.4 is 10.2 Å². The van der Waals surface area contributed by atoms with Gasteiger partial charge in [0.15, 0.2) is 5.82 Å². The van der Waals surface area contributed by atoms with E-state index in [2.05, 4.69) is 74.8 Å². The first-order valence-electron chi connectivity index (χ1n) is 7.96. The highest BCUT2D eigenvalue weighted by atomic mass is 15.3. The molecule has 4 aromatic rings. The summed E-state index contributed by atoms with van der Waals surface area (Å²) in [7, 11) is 1.83. The lowest BCUT2D eigenvalue weighted by Crippen LogP contribution is -2.19. The number of nitrogens with one attached hydrogen (secondary N) is 1. The van der Waals surface area contributed by atoms with Crippen molar-refractivity contribution in [3.8, 4) is 0 Å². The number of fused-ring (bicyclic) bond motifs is 2. The predicted octanol–water partition coefficient (Wildman–Crippen LogP) is 3.48. The Morgan fingerprint density at radius 1 is 1.08 bits per heavy atom. The first-order chi connectivity index (χ1) is 11.8. The fourth-order valence-electron chi connectivity index (χ4n) is 3.05. The lowest BCUT2D eigenvalue weighted by atomic mass is 10.1. The largest absolute Gasteiger partial charge is 0.357 e. The summed E-state index contributed by atoms with van der Waals surface area (Å²) in [5, 5.41) is 13.9. The van der Waals surface area contributed by atoms with Crippen molar-refractivity contribution < 1.29 is 0 Å². The smallest absolute Gasteiger partial charge is 0.228 e. The molecule has 6 nitrogen and oxygen atoms in total. The van der Waals surface area contributed by atoms with Gasteiger partial charge in [0.2, 0.25) is 11.6 Å². The summed E-state index contributed by atoms with van der Waals surface area (Å²) < 4.78 is 1.91. The average molecular weight is 318 g/mol. The minimum absolute atomic E-state index is 0.697. The zero-order valence-electron chi connectivity index (χ0n) is 13.6. The standard InChI is InChI=1S/C18H18N6/c1-3-23(15-10-6-8-13-7-4-5-9-14(13)15)16-17-21-22-18(19-2)24(17)12-11-20-16/h4-12H,3H2,1-2H3,(H,19,22). The normalized spacial score (nSPS) is 11.1. The molecule has 0 fully saturated rings. The monoisotopic (exact) mass is 318 g/mol. The average Bonchev–Trinajstić information content (AvgIpc) is 3.06. The summed E-state index contributed by atoms with van der Waals surface area (Å²) in [5.74, 6) is 1.49. The molecule has 0 aliphatic heterocycles. The van der Waals surface area contributed by atoms with Crippen LogP contribution in [0.5, 0.6) is 0 Å². The molecule has 0 saturated heterocycles. The van der Waals surface area contributed by atoms with E-state index in [1.54, 1.807) is 6.20 Å². The van der Waals surface area contributed by atoms with Crippen LogP contribution in [-0.2, 0) is 0 Å². The second-order valence-electron chi connectivity index (χ2n) is 5.46. The molecule has 2 aromatic carbocycles. The van der Waals surface area contributed by atoms with Gasteiger partial charge in [0, 0.05) is 31.4 Å². The Hall–Kier alpha value is -3.15. The fourth-order valence-corrected chi connectivity index (χ4v) is 3.05. The van der Waals surface area contributed by atoms with Crippen molar-refractivity contribution in [3.05, 3.63) is 54.9 Å². The second-order valence-corrected chi connectivity index (χ2v) is 5.46. The van der Waals surface area contributed by atoms with Gasteiger partial charge in [0.05, 0.1) is 5.69 Å². The van der Waals surface area contributed by atoms with Crippen LogP contribution in [0.3, 0.4) is 0 Å². The number of benzene rings is 2. The predicted molar refractivity (Wildman–Crippen MR) is 97.0 cm³/mol. The molecule has 0 aliphatic rings. The molecule has 0 unspecified atom stereocenters. The molecular formula is C18H18N6. The second kappa shape index (κ2) is 5.81. The summed E-state index contributed by atoms with van der Waals surface area (Å²) in [5.41, 5.74) is 1.85. The van der Waals surface area contributed by atoms with E-state index in [1.807, 2.05) is 17.6 Å². The molecule has 2 heterocycles. The Kier molecular flexibility index (Phi) is 3.49. The molecule has 0 aliphatic carbocycles. The molecule has 1 N–H and O–H groups in total. The maximum Gasteiger partial charge on any atom is 0.228 e. The third-order valence-corrected chi connectivity index (χ3v) is 4.16. The van der Waals surface area contributed by atoms with Crippen LogP contribution in [0.2, 0.25) is 0 Å². The zero-order valence-corrected chi connectivity index (χ0v) is 13.6. The highest BCUT2D eigenvalue weighted by Crippen LogP contribution is 2.32. The van der Waals surface area contributed by atoms with Crippen molar-refractivity contribution in [1.29, 1.82) is 0 Å². The van der Waals surface area contributed by atoms with Crippen LogP contribution in [0.25, 0.3) is 16.4 Å². The summed E-state index contributed by atoms with van der Waals surface area (Å²) >= 11 is 0. The van der Waals surface area contributed by atoms with Crippen LogP contribution in [0.1, 0.15) is 6.92 Å². The third-order valence-electron chi connectivity index (χ3n) is 4.16. The van der Waals surface area contributed by atoms with Crippen molar-refractivity contribution in [2.75, 3.05) is 23.8 Å². The van der Waals surface area contributed by atoms with Crippen LogP contribution in [0, 0.1) is 0 Å². The number of anilines is 3. The lowest BCUT2D eigenvalue weighted by Gasteiger charge is -2.23. The number of rotatable bonds is 4. The summed E-state index contributed by atoms with van der Waals surface area (Å²) in [6.07, 6.45) is 3.64. The van der Waals surface area contributed by atoms with Crippen LogP contribution >= 0.6 is 0 Å². The Bertz CT molecular complexity index is 1000. The maximum atomic E-state index is 4.58. The molecule has 120 valence electrons. The van der Waals surface area contributed by atoms with Gasteiger partial charge in [-0.15, -0.1) is 10.2 Å². The van der Waals surface area contributed by atoms with Gasteiger partial charge in [-0.2, -0.15) is 0 Å². The van der Waals surface area contributed by atoms with Crippen LogP contribution in [0.15, 0.2) is 54.9 Å². The zero-order chi connectivity index (χ0) is 16.5. The molecule has 0 saturated carbocycles. The molecule has 0 spiro atoms. The Morgan fingerprint density at radius 3 is 2.75 bits per heavy atom. The minimum Gasteiger partial charge on any atom is -0.357 e. The van der Waals surface area contributed by atoms with Crippen molar-refractivity contribution >= 4 is 33.9 Å². The molecule has 0 bridgehead atoms. The molecule has 6 heteroatoms. The highest BCUT2D eigenvalue weighted by Gasteiger charge is 2.17. The fraction of sp³-hybridized carbons (Fsp3) is 0.167. The van der Waals surface area contributed by atoms with Gasteiger partial charge >= 0.3 is 0 Å². The molecule has 0 radical (unpaired) electrons. The molecule has 4 rings (SSSR count). The summed E-state index contributed by atoms with van der Waals surface area (Å²) in [6.45, 7) is 2.89. The van der Waals surface area contributed by atoms with Crippen LogP contribution in [-0.4, -0.2) is 33.2 Å². The van der Waals surface area contributed by atoms with Gasteiger partial charge in [0.1, 0.15) is 0 Å². The number of hydrogen-bond donors (Lipinski definition) is 1. The lowest BCUT2D eigenvalue weighted by molar-refractivity contribution is 0.978. The molecule has 2 aromatic heterocycles. The summed E-state index contributed by atoms with van der Waals surface area (Å²) in [4.78, 5) is 6.76. The highest BCUT2D eigenvalue weighted by molar-refractivity contribution is 5.96. The molecular weight excluding hydrogens is 300 g/mol. The first-order valence-corrected chi connectivity index (χ1v) is 7.96. The van der Waals surface area contributed by atoms with E-state index in [-0.39, 0.29) is 0 Å². The van der Waals surface area contributed by atoms with Gasteiger partial charge in [-0.05, 0) is 18.4 Å². The topological polar surface area (TPSA) is 58.4 Å². The van der Waals surface area contributed by atoms with E-state index in [4.69, 9.17) is 0 Å². The number of nitrogens with zero attached hydrogens (tertiary/aromatic N) is 5. The Balaban J connectivity index is 1.95. The quantitative estimate of drug-likeness (QED) is 0.624. The Labute approximate surface area is 139 Å². The van der Waals surface area contributed by atoms with Gasteiger partial charge in [-0.1, -0.05) is 36.4 Å². The minimum atomic E-state index is 0.697. The van der Waals surface area contributed by atoms with Crippen molar-refractivity contribution in [2.45, 2.75) is 6.92 Å². The van der Waals surface area contributed by atoms with E-state index < -0.39 is 0 Å². The van der Waals surface area contributed by atoms with Crippen LogP contribution in [0.4, 0.5) is 17.5 Å². The SMILES string of the molecule is CCN(c1cccc2ccccc12)c1nccn2c(NC)nnc12. The van der Waals surface area contributed by atoms with E-state index in [1.165, 1.54) is 10.8 Å². The number of hydrogen-bond acceptors (Lipinski definition) is 5. The maximum absolute atomic E-state index is 4.58. The molecule has 0 amide bonds. The van der Waals surface area contributed by atoms with Gasteiger partial charge in [-0.3, -0.25) is 4.40 Å².